The van der Waals surface area contributed by atoms with Crippen LogP contribution in [0.4, 0.5) is 5.00 Å². The van der Waals surface area contributed by atoms with Crippen LogP contribution in [0.5, 0.6) is 5.88 Å². The lowest BCUT2D eigenvalue weighted by Gasteiger charge is -2.03. The standard InChI is InChI=1S/C13H12N2O4S/c1-7-5-10(20-11(7)13(17)18)15-12(16)8-3-4-9(19-2)14-6-8/h3-6H,1-2H3,(H,15,16)(H,17,18). The van der Waals surface area contributed by atoms with Gasteiger partial charge >= 0.3 is 5.97 Å². The molecule has 0 radical (unpaired) electrons. The number of aromatic nitrogens is 1. The maximum atomic E-state index is 12.0. The van der Waals surface area contributed by atoms with Gasteiger partial charge in [-0.2, -0.15) is 0 Å². The van der Waals surface area contributed by atoms with E-state index in [0.717, 1.165) is 11.3 Å². The number of carboxylic acids is 1. The van der Waals surface area contributed by atoms with E-state index < -0.39 is 5.97 Å². The number of rotatable bonds is 4. The van der Waals surface area contributed by atoms with Gasteiger partial charge in [0.1, 0.15) is 4.88 Å². The van der Waals surface area contributed by atoms with E-state index in [-0.39, 0.29) is 10.8 Å². The molecule has 1 amide bonds. The van der Waals surface area contributed by atoms with Gasteiger partial charge in [-0.3, -0.25) is 4.79 Å². The fourth-order valence-electron chi connectivity index (χ4n) is 1.58. The second-order valence-corrected chi connectivity index (χ2v) is 5.02. The molecule has 104 valence electrons. The van der Waals surface area contributed by atoms with Crippen LogP contribution in [0, 0.1) is 6.92 Å². The summed E-state index contributed by atoms with van der Waals surface area (Å²) in [6.45, 7) is 1.69. The lowest BCUT2D eigenvalue weighted by atomic mass is 10.2. The van der Waals surface area contributed by atoms with Crippen LogP contribution < -0.4 is 10.1 Å². The molecule has 0 saturated carbocycles. The number of amides is 1. The van der Waals surface area contributed by atoms with Crippen LogP contribution in [-0.4, -0.2) is 29.1 Å². The van der Waals surface area contributed by atoms with Gasteiger partial charge in [0.05, 0.1) is 17.7 Å². The minimum absolute atomic E-state index is 0.216. The molecule has 2 aromatic heterocycles. The second kappa shape index (κ2) is 5.70. The maximum absolute atomic E-state index is 12.0. The van der Waals surface area contributed by atoms with Crippen molar-refractivity contribution in [3.05, 3.63) is 40.4 Å². The van der Waals surface area contributed by atoms with Gasteiger partial charge in [-0.05, 0) is 24.6 Å². The van der Waals surface area contributed by atoms with Gasteiger partial charge in [-0.15, -0.1) is 11.3 Å². The highest BCUT2D eigenvalue weighted by molar-refractivity contribution is 7.18. The van der Waals surface area contributed by atoms with Crippen molar-refractivity contribution >= 4 is 28.2 Å². The summed E-state index contributed by atoms with van der Waals surface area (Å²) in [4.78, 5) is 27.1. The average Bonchev–Trinajstić information content (AvgIpc) is 2.79. The highest BCUT2D eigenvalue weighted by Gasteiger charge is 2.14. The molecule has 0 aliphatic carbocycles. The van der Waals surface area contributed by atoms with E-state index in [1.807, 2.05) is 0 Å². The number of methoxy groups -OCH3 is 1. The Hall–Kier alpha value is -2.41. The predicted molar refractivity (Wildman–Crippen MR) is 74.8 cm³/mol. The Labute approximate surface area is 119 Å². The zero-order chi connectivity index (χ0) is 14.7. The van der Waals surface area contributed by atoms with Crippen LogP contribution >= 0.6 is 11.3 Å². The van der Waals surface area contributed by atoms with Crippen LogP contribution in [0.15, 0.2) is 24.4 Å². The number of anilines is 1. The van der Waals surface area contributed by atoms with Gasteiger partial charge in [0, 0.05) is 12.3 Å². The molecule has 0 saturated heterocycles. The first-order chi connectivity index (χ1) is 9.51. The molecular formula is C13H12N2O4S. The first-order valence-electron chi connectivity index (χ1n) is 5.66. The first kappa shape index (κ1) is 14.0. The molecule has 2 aromatic rings. The Morgan fingerprint density at radius 2 is 2.15 bits per heavy atom. The number of pyridine rings is 1. The fourth-order valence-corrected chi connectivity index (χ4v) is 2.48. The van der Waals surface area contributed by atoms with Crippen molar-refractivity contribution in [2.45, 2.75) is 6.92 Å². The predicted octanol–water partition coefficient (Wildman–Crippen LogP) is 2.41. The number of aromatic carboxylic acids is 1. The zero-order valence-corrected chi connectivity index (χ0v) is 11.7. The highest BCUT2D eigenvalue weighted by atomic mass is 32.1. The summed E-state index contributed by atoms with van der Waals surface area (Å²) in [5.41, 5.74) is 0.986. The average molecular weight is 292 g/mol. The molecule has 0 aromatic carbocycles. The van der Waals surface area contributed by atoms with Crippen molar-refractivity contribution in [1.29, 1.82) is 0 Å². The van der Waals surface area contributed by atoms with Crippen LogP contribution in [0.1, 0.15) is 25.6 Å². The van der Waals surface area contributed by atoms with Crippen LogP contribution in [-0.2, 0) is 0 Å². The van der Waals surface area contributed by atoms with E-state index in [0.29, 0.717) is 22.0 Å². The molecule has 2 heterocycles. The third kappa shape index (κ3) is 2.94. The largest absolute Gasteiger partial charge is 0.481 e. The summed E-state index contributed by atoms with van der Waals surface area (Å²) in [5.74, 6) is -0.931. The number of hydrogen-bond acceptors (Lipinski definition) is 5. The van der Waals surface area contributed by atoms with Gasteiger partial charge < -0.3 is 15.2 Å². The highest BCUT2D eigenvalue weighted by Crippen LogP contribution is 2.27. The molecule has 2 rings (SSSR count). The summed E-state index contributed by atoms with van der Waals surface area (Å²) in [6, 6.07) is 4.79. The Bertz CT molecular complexity index is 649. The Morgan fingerprint density at radius 1 is 1.40 bits per heavy atom. The molecule has 0 spiro atoms. The molecule has 0 atom stereocenters. The molecule has 6 nitrogen and oxygen atoms in total. The van der Waals surface area contributed by atoms with Crippen LogP contribution in [0.3, 0.4) is 0 Å². The summed E-state index contributed by atoms with van der Waals surface area (Å²) in [6.07, 6.45) is 1.40. The minimum atomic E-state index is -1.00. The summed E-state index contributed by atoms with van der Waals surface area (Å²) < 4.78 is 4.91. The number of carboxylic acid groups (broad SMARTS) is 1. The minimum Gasteiger partial charge on any atom is -0.481 e. The number of carbonyl (C=O) groups is 2. The lowest BCUT2D eigenvalue weighted by molar-refractivity contribution is 0.0701. The third-order valence-electron chi connectivity index (χ3n) is 2.56. The Morgan fingerprint density at radius 3 is 2.65 bits per heavy atom. The molecule has 7 heteroatoms. The molecule has 0 aliphatic heterocycles. The third-order valence-corrected chi connectivity index (χ3v) is 3.70. The van der Waals surface area contributed by atoms with Crippen molar-refractivity contribution in [3.8, 4) is 5.88 Å². The van der Waals surface area contributed by atoms with Gasteiger partial charge in [0.15, 0.2) is 0 Å². The van der Waals surface area contributed by atoms with Gasteiger partial charge in [0.25, 0.3) is 5.91 Å². The smallest absolute Gasteiger partial charge is 0.346 e. The first-order valence-corrected chi connectivity index (χ1v) is 6.48. The summed E-state index contributed by atoms with van der Waals surface area (Å²) in [5, 5.41) is 12.1. The molecule has 0 bridgehead atoms. The van der Waals surface area contributed by atoms with Crippen molar-refractivity contribution in [3.63, 3.8) is 0 Å². The van der Waals surface area contributed by atoms with Crippen LogP contribution in [0.2, 0.25) is 0 Å². The monoisotopic (exact) mass is 292 g/mol. The quantitative estimate of drug-likeness (QED) is 0.903. The molecular weight excluding hydrogens is 280 g/mol. The van der Waals surface area contributed by atoms with Crippen molar-refractivity contribution in [2.24, 2.45) is 0 Å². The lowest BCUT2D eigenvalue weighted by Crippen LogP contribution is -2.11. The molecule has 20 heavy (non-hydrogen) atoms. The fraction of sp³-hybridized carbons (Fsp3) is 0.154. The summed E-state index contributed by atoms with van der Waals surface area (Å²) >= 11 is 1.02. The van der Waals surface area contributed by atoms with E-state index in [9.17, 15) is 9.59 Å². The Kier molecular flexibility index (Phi) is 3.99. The number of ether oxygens (including phenoxy) is 1. The number of nitrogens with one attached hydrogen (secondary N) is 1. The van der Waals surface area contributed by atoms with Crippen molar-refractivity contribution in [2.75, 3.05) is 12.4 Å². The maximum Gasteiger partial charge on any atom is 0.346 e. The van der Waals surface area contributed by atoms with E-state index in [1.54, 1.807) is 25.1 Å². The zero-order valence-electron chi connectivity index (χ0n) is 10.8. The number of thiophene rings is 1. The van der Waals surface area contributed by atoms with E-state index in [2.05, 4.69) is 10.3 Å². The van der Waals surface area contributed by atoms with E-state index in [4.69, 9.17) is 9.84 Å². The number of carbonyl (C=O) groups excluding carboxylic acids is 1. The molecule has 2 N–H and O–H groups in total. The Balaban J connectivity index is 2.14. The summed E-state index contributed by atoms with van der Waals surface area (Å²) in [7, 11) is 1.49. The molecule has 0 fully saturated rings. The SMILES string of the molecule is COc1ccc(C(=O)Nc2cc(C)c(C(=O)O)s2)cn1. The van der Waals surface area contributed by atoms with E-state index >= 15 is 0 Å². The number of nitrogens with zero attached hydrogens (tertiary/aromatic N) is 1. The molecule has 0 aliphatic rings. The van der Waals surface area contributed by atoms with Gasteiger partial charge in [-0.1, -0.05) is 0 Å². The van der Waals surface area contributed by atoms with Crippen molar-refractivity contribution in [1.82, 2.24) is 4.98 Å². The number of aryl methyl sites for hydroxylation is 1. The number of hydrogen-bond donors (Lipinski definition) is 2. The van der Waals surface area contributed by atoms with Gasteiger partial charge in [0.2, 0.25) is 5.88 Å². The van der Waals surface area contributed by atoms with Crippen LogP contribution in [0.25, 0.3) is 0 Å². The van der Waals surface area contributed by atoms with Gasteiger partial charge in [-0.25, -0.2) is 9.78 Å². The second-order valence-electron chi connectivity index (χ2n) is 3.97. The van der Waals surface area contributed by atoms with E-state index in [1.165, 1.54) is 13.3 Å². The normalized spacial score (nSPS) is 10.1. The van der Waals surface area contributed by atoms with Crippen molar-refractivity contribution < 1.29 is 19.4 Å². The molecule has 0 unspecified atom stereocenters. The topological polar surface area (TPSA) is 88.5 Å².